The molecule has 3 nitrogen and oxygen atoms in total. The number of carbonyl (C=O) groups is 2. The fraction of sp³-hybridized carbons (Fsp3) is 0.538. The van der Waals surface area contributed by atoms with Gasteiger partial charge in [-0.3, -0.25) is 9.59 Å². The summed E-state index contributed by atoms with van der Waals surface area (Å²) in [6.45, 7) is 0. The van der Waals surface area contributed by atoms with Gasteiger partial charge in [-0.2, -0.15) is 0 Å². The van der Waals surface area contributed by atoms with Crippen LogP contribution < -0.4 is 0 Å². The third-order valence-corrected chi connectivity index (χ3v) is 4.28. The average Bonchev–Trinajstić information content (AvgIpc) is 2.98. The van der Waals surface area contributed by atoms with Gasteiger partial charge in [-0.1, -0.05) is 12.8 Å². The van der Waals surface area contributed by atoms with Gasteiger partial charge in [0.15, 0.2) is 5.78 Å². The molecule has 0 bridgehead atoms. The van der Waals surface area contributed by atoms with Gasteiger partial charge in [-0.05, 0) is 25.0 Å². The van der Waals surface area contributed by atoms with Crippen LogP contribution in [0, 0.1) is 5.92 Å². The number of ether oxygens (including phenoxy) is 1. The average molecular weight is 252 g/mol. The van der Waals surface area contributed by atoms with Crippen molar-refractivity contribution >= 4 is 23.1 Å². The van der Waals surface area contributed by atoms with Gasteiger partial charge in [0.2, 0.25) is 0 Å². The first-order valence-corrected chi connectivity index (χ1v) is 6.72. The fourth-order valence-corrected chi connectivity index (χ4v) is 3.22. The molecule has 1 aliphatic rings. The number of ketones is 1. The van der Waals surface area contributed by atoms with Crippen LogP contribution in [-0.2, 0) is 16.0 Å². The van der Waals surface area contributed by atoms with Crippen molar-refractivity contribution < 1.29 is 14.3 Å². The van der Waals surface area contributed by atoms with Crippen LogP contribution in [-0.4, -0.2) is 18.9 Å². The SMILES string of the molecule is COC(=O)Cc1ccc(C(=O)C2CCCC2)s1. The Labute approximate surface area is 105 Å². The highest BCUT2D eigenvalue weighted by Gasteiger charge is 2.24. The molecule has 1 aromatic heterocycles. The van der Waals surface area contributed by atoms with Crippen molar-refractivity contribution in [1.29, 1.82) is 0 Å². The zero-order valence-corrected chi connectivity index (χ0v) is 10.7. The van der Waals surface area contributed by atoms with E-state index in [9.17, 15) is 9.59 Å². The second-order valence-electron chi connectivity index (χ2n) is 4.36. The molecule has 1 saturated carbocycles. The largest absolute Gasteiger partial charge is 0.469 e. The lowest BCUT2D eigenvalue weighted by atomic mass is 10.0. The molecule has 0 radical (unpaired) electrons. The van der Waals surface area contributed by atoms with E-state index in [1.54, 1.807) is 0 Å². The van der Waals surface area contributed by atoms with Gasteiger partial charge in [-0.25, -0.2) is 0 Å². The van der Waals surface area contributed by atoms with E-state index in [-0.39, 0.29) is 24.1 Å². The summed E-state index contributed by atoms with van der Waals surface area (Å²) in [6.07, 6.45) is 4.62. The van der Waals surface area contributed by atoms with E-state index >= 15 is 0 Å². The van der Waals surface area contributed by atoms with Crippen LogP contribution in [0.1, 0.15) is 40.2 Å². The summed E-state index contributed by atoms with van der Waals surface area (Å²) in [5.41, 5.74) is 0. The lowest BCUT2D eigenvalue weighted by Gasteiger charge is -2.04. The number of rotatable bonds is 4. The maximum absolute atomic E-state index is 12.1. The Morgan fingerprint density at radius 3 is 2.71 bits per heavy atom. The van der Waals surface area contributed by atoms with Crippen LogP contribution in [0.15, 0.2) is 12.1 Å². The molecule has 0 unspecified atom stereocenters. The number of Topliss-reactive ketones (excluding diaryl/α,β-unsaturated/α-hetero) is 1. The van der Waals surface area contributed by atoms with E-state index in [0.29, 0.717) is 0 Å². The lowest BCUT2D eigenvalue weighted by Crippen LogP contribution is -2.08. The van der Waals surface area contributed by atoms with Crippen LogP contribution in [0.5, 0.6) is 0 Å². The first kappa shape index (κ1) is 12.3. The lowest BCUT2D eigenvalue weighted by molar-refractivity contribution is -0.139. The summed E-state index contributed by atoms with van der Waals surface area (Å²) in [5, 5.41) is 0. The highest BCUT2D eigenvalue weighted by Crippen LogP contribution is 2.30. The summed E-state index contributed by atoms with van der Waals surface area (Å²) in [5.74, 6) is 0.204. The van der Waals surface area contributed by atoms with Gasteiger partial charge in [0, 0.05) is 10.8 Å². The minimum absolute atomic E-state index is 0.208. The Morgan fingerprint density at radius 2 is 2.06 bits per heavy atom. The van der Waals surface area contributed by atoms with Gasteiger partial charge < -0.3 is 4.74 Å². The molecule has 17 heavy (non-hydrogen) atoms. The summed E-state index contributed by atoms with van der Waals surface area (Å²) >= 11 is 1.42. The van der Waals surface area contributed by atoms with E-state index in [4.69, 9.17) is 0 Å². The molecule has 0 saturated heterocycles. The van der Waals surface area contributed by atoms with Crippen molar-refractivity contribution in [2.24, 2.45) is 5.92 Å². The van der Waals surface area contributed by atoms with Crippen molar-refractivity contribution in [2.45, 2.75) is 32.1 Å². The Bertz CT molecular complexity index is 416. The second kappa shape index (κ2) is 5.45. The number of carbonyl (C=O) groups excluding carboxylic acids is 2. The number of methoxy groups -OCH3 is 1. The first-order chi connectivity index (χ1) is 8.20. The summed E-state index contributed by atoms with van der Waals surface area (Å²) in [6, 6.07) is 3.69. The quantitative estimate of drug-likeness (QED) is 0.611. The van der Waals surface area contributed by atoms with Gasteiger partial charge in [-0.15, -0.1) is 11.3 Å². The second-order valence-corrected chi connectivity index (χ2v) is 5.53. The molecule has 1 heterocycles. The standard InChI is InChI=1S/C13H16O3S/c1-16-12(14)8-10-6-7-11(17-10)13(15)9-4-2-3-5-9/h6-7,9H,2-5,8H2,1H3. The molecule has 0 N–H and O–H groups in total. The minimum Gasteiger partial charge on any atom is -0.469 e. The molecule has 1 fully saturated rings. The highest BCUT2D eigenvalue weighted by atomic mass is 32.1. The molecule has 1 aromatic rings. The number of esters is 1. The first-order valence-electron chi connectivity index (χ1n) is 5.90. The molecule has 0 aromatic carbocycles. The third kappa shape index (κ3) is 2.94. The molecule has 1 aliphatic carbocycles. The summed E-state index contributed by atoms with van der Waals surface area (Å²) in [4.78, 5) is 24.9. The van der Waals surface area contributed by atoms with Crippen LogP contribution in [0.4, 0.5) is 0 Å². The monoisotopic (exact) mass is 252 g/mol. The van der Waals surface area contributed by atoms with E-state index in [1.165, 1.54) is 18.4 Å². The molecule has 0 aliphatic heterocycles. The van der Waals surface area contributed by atoms with Gasteiger partial charge in [0.05, 0.1) is 18.4 Å². The molecule has 2 rings (SSSR count). The van der Waals surface area contributed by atoms with E-state index < -0.39 is 0 Å². The van der Waals surface area contributed by atoms with Crippen LogP contribution in [0.25, 0.3) is 0 Å². The molecule has 0 spiro atoms. The predicted octanol–water partition coefficient (Wildman–Crippen LogP) is 2.84. The normalized spacial score (nSPS) is 16.1. The maximum atomic E-state index is 12.1. The minimum atomic E-state index is -0.258. The Hall–Kier alpha value is -1.16. The maximum Gasteiger partial charge on any atom is 0.310 e. The van der Waals surface area contributed by atoms with Crippen molar-refractivity contribution in [3.8, 4) is 0 Å². The number of hydrogen-bond acceptors (Lipinski definition) is 4. The number of thiophene rings is 1. The topological polar surface area (TPSA) is 43.4 Å². The van der Waals surface area contributed by atoms with Crippen LogP contribution >= 0.6 is 11.3 Å². The zero-order chi connectivity index (χ0) is 12.3. The fourth-order valence-electron chi connectivity index (χ4n) is 2.21. The van der Waals surface area contributed by atoms with E-state index in [2.05, 4.69) is 4.74 Å². The van der Waals surface area contributed by atoms with Crippen LogP contribution in [0.2, 0.25) is 0 Å². The Morgan fingerprint density at radius 1 is 1.35 bits per heavy atom. The van der Waals surface area contributed by atoms with Crippen molar-refractivity contribution in [3.63, 3.8) is 0 Å². The Balaban J connectivity index is 2.02. The molecule has 0 atom stereocenters. The summed E-state index contributed by atoms with van der Waals surface area (Å²) in [7, 11) is 1.38. The van der Waals surface area contributed by atoms with Gasteiger partial charge in [0.1, 0.15) is 0 Å². The highest BCUT2D eigenvalue weighted by molar-refractivity contribution is 7.14. The van der Waals surface area contributed by atoms with Crippen molar-refractivity contribution in [2.75, 3.05) is 7.11 Å². The molecular weight excluding hydrogens is 236 g/mol. The van der Waals surface area contributed by atoms with Crippen LogP contribution in [0.3, 0.4) is 0 Å². The predicted molar refractivity (Wildman–Crippen MR) is 66.3 cm³/mol. The smallest absolute Gasteiger partial charge is 0.310 e. The van der Waals surface area contributed by atoms with Gasteiger partial charge >= 0.3 is 5.97 Å². The Kier molecular flexibility index (Phi) is 3.94. The molecule has 4 heteroatoms. The van der Waals surface area contributed by atoms with Crippen molar-refractivity contribution in [1.82, 2.24) is 0 Å². The van der Waals surface area contributed by atoms with E-state index in [0.717, 1.165) is 35.4 Å². The van der Waals surface area contributed by atoms with E-state index in [1.807, 2.05) is 12.1 Å². The molecule has 0 amide bonds. The third-order valence-electron chi connectivity index (χ3n) is 3.18. The zero-order valence-electron chi connectivity index (χ0n) is 9.90. The number of hydrogen-bond donors (Lipinski definition) is 0. The molecular formula is C13H16O3S. The summed E-state index contributed by atoms with van der Waals surface area (Å²) < 4.78 is 4.61. The molecule has 92 valence electrons. The van der Waals surface area contributed by atoms with Crippen molar-refractivity contribution in [3.05, 3.63) is 21.9 Å². The van der Waals surface area contributed by atoms with Gasteiger partial charge in [0.25, 0.3) is 0 Å².